The number of H-pyrrole nitrogens is 1. The largest absolute Gasteiger partial charge is 0.361 e. The number of nitrogens with one attached hydrogen (secondary N) is 1. The highest BCUT2D eigenvalue weighted by molar-refractivity contribution is 6.38. The third-order valence-corrected chi connectivity index (χ3v) is 2.73. The number of aromatic nitrogens is 1. The molecule has 4 heteroatoms. The lowest BCUT2D eigenvalue weighted by molar-refractivity contribution is 0.826. The van der Waals surface area contributed by atoms with Crippen molar-refractivity contribution in [1.29, 1.82) is 0 Å². The van der Waals surface area contributed by atoms with Gasteiger partial charge >= 0.3 is 0 Å². The molecule has 74 valence electrons. The summed E-state index contributed by atoms with van der Waals surface area (Å²) >= 11 is 12.0. The third kappa shape index (κ3) is 1.50. The summed E-state index contributed by atoms with van der Waals surface area (Å²) in [6.45, 7) is 1.92. The molecule has 0 radical (unpaired) electrons. The minimum Gasteiger partial charge on any atom is -0.361 e. The van der Waals surface area contributed by atoms with Gasteiger partial charge in [-0.1, -0.05) is 23.2 Å². The summed E-state index contributed by atoms with van der Waals surface area (Å²) in [5.74, 6) is 0. The summed E-state index contributed by atoms with van der Waals surface area (Å²) in [6.07, 6.45) is 1.87. The van der Waals surface area contributed by atoms with Crippen LogP contribution < -0.4 is 5.73 Å². The quantitative estimate of drug-likeness (QED) is 0.772. The van der Waals surface area contributed by atoms with E-state index >= 15 is 0 Å². The summed E-state index contributed by atoms with van der Waals surface area (Å²) in [5, 5.41) is 2.23. The molecule has 1 aromatic carbocycles. The number of hydrogen-bond acceptors (Lipinski definition) is 1. The van der Waals surface area contributed by atoms with Crippen LogP contribution in [0.15, 0.2) is 18.3 Å². The van der Waals surface area contributed by atoms with Gasteiger partial charge in [0.1, 0.15) is 0 Å². The molecule has 1 aromatic heterocycles. The fourth-order valence-electron chi connectivity index (χ4n) is 1.57. The average molecular weight is 229 g/mol. The first kappa shape index (κ1) is 9.84. The number of rotatable bonds is 1. The standard InChI is InChI=1S/C10H10Cl2N2/c1-5(13)7-4-14-9-3-6(11)2-8(12)10(7)9/h2-5,14H,13H2,1H3/t5-/m1/s1. The van der Waals surface area contributed by atoms with Gasteiger partial charge < -0.3 is 10.7 Å². The van der Waals surface area contributed by atoms with Crippen LogP contribution in [0.4, 0.5) is 0 Å². The number of fused-ring (bicyclic) bond motifs is 1. The van der Waals surface area contributed by atoms with Crippen LogP contribution in [0.3, 0.4) is 0 Å². The van der Waals surface area contributed by atoms with Gasteiger partial charge in [0, 0.05) is 28.2 Å². The number of benzene rings is 1. The molecule has 0 spiro atoms. The maximum Gasteiger partial charge on any atom is 0.0518 e. The number of aromatic amines is 1. The fourth-order valence-corrected chi connectivity index (χ4v) is 2.17. The van der Waals surface area contributed by atoms with Crippen molar-refractivity contribution in [3.63, 3.8) is 0 Å². The van der Waals surface area contributed by atoms with Gasteiger partial charge in [-0.3, -0.25) is 0 Å². The molecule has 1 heterocycles. The minimum atomic E-state index is -0.0394. The van der Waals surface area contributed by atoms with E-state index in [1.54, 1.807) is 6.07 Å². The van der Waals surface area contributed by atoms with Crippen molar-refractivity contribution in [2.24, 2.45) is 5.73 Å². The van der Waals surface area contributed by atoms with Gasteiger partial charge in [0.15, 0.2) is 0 Å². The van der Waals surface area contributed by atoms with E-state index in [4.69, 9.17) is 28.9 Å². The molecule has 0 bridgehead atoms. The molecule has 0 fully saturated rings. The smallest absolute Gasteiger partial charge is 0.0518 e. The Bertz CT molecular complexity index is 474. The molecular weight excluding hydrogens is 219 g/mol. The van der Waals surface area contributed by atoms with Gasteiger partial charge in [0.2, 0.25) is 0 Å². The zero-order valence-corrected chi connectivity index (χ0v) is 9.15. The number of hydrogen-bond donors (Lipinski definition) is 2. The van der Waals surface area contributed by atoms with Gasteiger partial charge in [-0.05, 0) is 24.6 Å². The van der Waals surface area contributed by atoms with Crippen molar-refractivity contribution in [2.45, 2.75) is 13.0 Å². The summed E-state index contributed by atoms with van der Waals surface area (Å²) in [5.41, 5.74) is 7.76. The van der Waals surface area contributed by atoms with E-state index in [2.05, 4.69) is 4.98 Å². The molecule has 14 heavy (non-hydrogen) atoms. The van der Waals surface area contributed by atoms with Crippen molar-refractivity contribution in [3.05, 3.63) is 33.9 Å². The van der Waals surface area contributed by atoms with E-state index < -0.39 is 0 Å². The lowest BCUT2D eigenvalue weighted by atomic mass is 10.1. The highest BCUT2D eigenvalue weighted by Crippen LogP contribution is 2.32. The molecule has 0 aliphatic heterocycles. The van der Waals surface area contributed by atoms with Crippen LogP contribution in [0.1, 0.15) is 18.5 Å². The monoisotopic (exact) mass is 228 g/mol. The Hall–Kier alpha value is -0.700. The highest BCUT2D eigenvalue weighted by atomic mass is 35.5. The molecule has 0 saturated heterocycles. The van der Waals surface area contributed by atoms with Crippen LogP contribution in [0.2, 0.25) is 10.0 Å². The predicted octanol–water partition coefficient (Wildman–Crippen LogP) is 3.49. The third-order valence-electron chi connectivity index (χ3n) is 2.22. The van der Waals surface area contributed by atoms with Crippen LogP contribution in [-0.2, 0) is 0 Å². The zero-order chi connectivity index (χ0) is 10.3. The number of nitrogens with two attached hydrogens (primary N) is 1. The van der Waals surface area contributed by atoms with E-state index in [0.29, 0.717) is 10.0 Å². The SMILES string of the molecule is C[C@@H](N)c1c[nH]c2cc(Cl)cc(Cl)c12. The van der Waals surface area contributed by atoms with Gasteiger partial charge in [-0.15, -0.1) is 0 Å². The zero-order valence-electron chi connectivity index (χ0n) is 7.64. The van der Waals surface area contributed by atoms with Gasteiger partial charge in [0.25, 0.3) is 0 Å². The maximum absolute atomic E-state index is 6.09. The van der Waals surface area contributed by atoms with Crippen molar-refractivity contribution >= 4 is 34.1 Å². The van der Waals surface area contributed by atoms with Crippen molar-refractivity contribution < 1.29 is 0 Å². The normalized spacial score (nSPS) is 13.4. The van der Waals surface area contributed by atoms with Crippen molar-refractivity contribution in [1.82, 2.24) is 4.98 Å². The van der Waals surface area contributed by atoms with Crippen molar-refractivity contribution in [2.75, 3.05) is 0 Å². The Morgan fingerprint density at radius 2 is 2.07 bits per heavy atom. The first-order chi connectivity index (χ1) is 6.59. The molecule has 0 saturated carbocycles. The molecule has 1 atom stereocenters. The fraction of sp³-hybridized carbons (Fsp3) is 0.200. The summed E-state index contributed by atoms with van der Waals surface area (Å²) in [6, 6.07) is 3.53. The topological polar surface area (TPSA) is 41.8 Å². The van der Waals surface area contributed by atoms with E-state index in [0.717, 1.165) is 16.5 Å². The summed E-state index contributed by atoms with van der Waals surface area (Å²) in [4.78, 5) is 3.10. The van der Waals surface area contributed by atoms with Crippen molar-refractivity contribution in [3.8, 4) is 0 Å². The number of halogens is 2. The Kier molecular flexibility index (Phi) is 2.43. The summed E-state index contributed by atoms with van der Waals surface area (Å²) < 4.78 is 0. The lowest BCUT2D eigenvalue weighted by Gasteiger charge is -2.04. The second-order valence-electron chi connectivity index (χ2n) is 3.34. The van der Waals surface area contributed by atoms with Crippen LogP contribution in [0, 0.1) is 0 Å². The molecule has 2 aromatic rings. The minimum absolute atomic E-state index is 0.0394. The molecule has 0 amide bonds. The van der Waals surface area contributed by atoms with Crippen LogP contribution in [0.25, 0.3) is 10.9 Å². The van der Waals surface area contributed by atoms with Gasteiger partial charge in [0.05, 0.1) is 5.02 Å². The molecule has 2 rings (SSSR count). The average Bonchev–Trinajstić information content (AvgIpc) is 2.47. The summed E-state index contributed by atoms with van der Waals surface area (Å²) in [7, 11) is 0. The van der Waals surface area contributed by atoms with Gasteiger partial charge in [-0.2, -0.15) is 0 Å². The second-order valence-corrected chi connectivity index (χ2v) is 4.19. The van der Waals surface area contributed by atoms with Crippen LogP contribution in [-0.4, -0.2) is 4.98 Å². The second kappa shape index (κ2) is 3.46. The Morgan fingerprint density at radius 1 is 1.36 bits per heavy atom. The Morgan fingerprint density at radius 3 is 2.71 bits per heavy atom. The van der Waals surface area contributed by atoms with Crippen LogP contribution >= 0.6 is 23.2 Å². The molecule has 2 nitrogen and oxygen atoms in total. The van der Waals surface area contributed by atoms with Gasteiger partial charge in [-0.25, -0.2) is 0 Å². The Labute approximate surface area is 92.0 Å². The first-order valence-electron chi connectivity index (χ1n) is 4.31. The van der Waals surface area contributed by atoms with Crippen LogP contribution in [0.5, 0.6) is 0 Å². The van der Waals surface area contributed by atoms with E-state index in [9.17, 15) is 0 Å². The Balaban J connectivity index is 2.79. The highest BCUT2D eigenvalue weighted by Gasteiger charge is 2.11. The van der Waals surface area contributed by atoms with E-state index in [1.807, 2.05) is 19.2 Å². The predicted molar refractivity (Wildman–Crippen MR) is 60.9 cm³/mol. The first-order valence-corrected chi connectivity index (χ1v) is 5.07. The molecule has 3 N–H and O–H groups in total. The molecule has 0 aliphatic carbocycles. The lowest BCUT2D eigenvalue weighted by Crippen LogP contribution is -2.03. The molecule has 0 aliphatic rings. The molecule has 0 unspecified atom stereocenters. The molecular formula is C10H10Cl2N2. The maximum atomic E-state index is 6.09. The van der Waals surface area contributed by atoms with E-state index in [-0.39, 0.29) is 6.04 Å². The van der Waals surface area contributed by atoms with E-state index in [1.165, 1.54) is 0 Å².